The van der Waals surface area contributed by atoms with Crippen LogP contribution in [0.15, 0.2) is 11.1 Å². The van der Waals surface area contributed by atoms with E-state index in [9.17, 15) is 9.90 Å². The first kappa shape index (κ1) is 17.8. The molecule has 0 unspecified atom stereocenters. The molecule has 138 valence electrons. The lowest BCUT2D eigenvalue weighted by atomic mass is 10.2. The summed E-state index contributed by atoms with van der Waals surface area (Å²) >= 11 is 0. The van der Waals surface area contributed by atoms with Gasteiger partial charge < -0.3 is 24.6 Å². The molecule has 2 N–H and O–H groups in total. The molecule has 2 aromatic rings. The smallest absolute Gasteiger partial charge is 0.282 e. The molecule has 1 saturated heterocycles. The number of nitrogens with one attached hydrogen (secondary N) is 1. The quantitative estimate of drug-likeness (QED) is 0.640. The predicted molar refractivity (Wildman–Crippen MR) is 89.5 cm³/mol. The molecule has 25 heavy (non-hydrogen) atoms. The second kappa shape index (κ2) is 7.48. The SMILES string of the molecule is CNc1nc2c(ncn2[C@@H]2O[C@H](CO)C[C@H]2OCCOC)c(=O)n1C. The number of hydrogen-bond donors (Lipinski definition) is 2. The minimum atomic E-state index is -0.525. The molecule has 0 spiro atoms. The Morgan fingerprint density at radius 3 is 2.96 bits per heavy atom. The average molecular weight is 353 g/mol. The summed E-state index contributed by atoms with van der Waals surface area (Å²) in [6, 6.07) is 0. The molecule has 3 heterocycles. The van der Waals surface area contributed by atoms with Crippen LogP contribution in [0.5, 0.6) is 0 Å². The molecule has 0 amide bonds. The summed E-state index contributed by atoms with van der Waals surface area (Å²) in [6.07, 6.45) is 0.895. The van der Waals surface area contributed by atoms with Crippen LogP contribution in [0.25, 0.3) is 11.2 Å². The van der Waals surface area contributed by atoms with E-state index in [1.165, 1.54) is 10.9 Å². The Bertz CT molecular complexity index is 788. The number of fused-ring (bicyclic) bond motifs is 1. The maximum atomic E-state index is 12.4. The van der Waals surface area contributed by atoms with Gasteiger partial charge in [0.2, 0.25) is 5.95 Å². The molecule has 10 heteroatoms. The van der Waals surface area contributed by atoms with Crippen molar-refractivity contribution in [3.63, 3.8) is 0 Å². The van der Waals surface area contributed by atoms with Gasteiger partial charge in [-0.1, -0.05) is 0 Å². The van der Waals surface area contributed by atoms with Gasteiger partial charge in [0.05, 0.1) is 32.3 Å². The lowest BCUT2D eigenvalue weighted by Crippen LogP contribution is -2.26. The highest BCUT2D eigenvalue weighted by atomic mass is 16.6. The van der Waals surface area contributed by atoms with Crippen molar-refractivity contribution in [1.29, 1.82) is 0 Å². The molecule has 0 radical (unpaired) electrons. The number of nitrogens with zero attached hydrogens (tertiary/aromatic N) is 4. The van der Waals surface area contributed by atoms with E-state index in [-0.39, 0.29) is 29.9 Å². The molecule has 1 fully saturated rings. The zero-order valence-corrected chi connectivity index (χ0v) is 14.5. The van der Waals surface area contributed by atoms with Crippen LogP contribution >= 0.6 is 0 Å². The fourth-order valence-corrected chi connectivity index (χ4v) is 2.97. The third-order valence-electron chi connectivity index (χ3n) is 4.27. The van der Waals surface area contributed by atoms with E-state index >= 15 is 0 Å². The number of aliphatic hydroxyl groups is 1. The molecule has 3 atom stereocenters. The van der Waals surface area contributed by atoms with Gasteiger partial charge in [-0.25, -0.2) is 4.98 Å². The van der Waals surface area contributed by atoms with Crippen molar-refractivity contribution in [2.24, 2.45) is 7.05 Å². The van der Waals surface area contributed by atoms with Crippen LogP contribution in [-0.2, 0) is 21.3 Å². The minimum absolute atomic E-state index is 0.107. The summed E-state index contributed by atoms with van der Waals surface area (Å²) in [5.41, 5.74) is 0.422. The summed E-state index contributed by atoms with van der Waals surface area (Å²) in [6.45, 7) is 0.757. The lowest BCUT2D eigenvalue weighted by Gasteiger charge is -2.20. The third-order valence-corrected chi connectivity index (χ3v) is 4.27. The molecule has 0 aromatic carbocycles. The van der Waals surface area contributed by atoms with Gasteiger partial charge in [-0.15, -0.1) is 0 Å². The zero-order valence-electron chi connectivity index (χ0n) is 14.5. The fraction of sp³-hybridized carbons (Fsp3) is 0.667. The Morgan fingerprint density at radius 2 is 2.28 bits per heavy atom. The van der Waals surface area contributed by atoms with Gasteiger partial charge in [0.1, 0.15) is 6.10 Å². The minimum Gasteiger partial charge on any atom is -0.394 e. The largest absolute Gasteiger partial charge is 0.394 e. The number of aliphatic hydroxyl groups excluding tert-OH is 1. The number of ether oxygens (including phenoxy) is 3. The van der Waals surface area contributed by atoms with Gasteiger partial charge in [-0.05, 0) is 0 Å². The van der Waals surface area contributed by atoms with Gasteiger partial charge in [-0.2, -0.15) is 4.98 Å². The highest BCUT2D eigenvalue weighted by Crippen LogP contribution is 2.32. The molecule has 1 aliphatic rings. The van der Waals surface area contributed by atoms with Crippen LogP contribution in [0, 0.1) is 0 Å². The summed E-state index contributed by atoms with van der Waals surface area (Å²) in [7, 11) is 4.92. The van der Waals surface area contributed by atoms with E-state index in [0.29, 0.717) is 31.2 Å². The molecule has 3 rings (SSSR count). The maximum absolute atomic E-state index is 12.4. The van der Waals surface area contributed by atoms with E-state index in [1.807, 2.05) is 0 Å². The van der Waals surface area contributed by atoms with Crippen LogP contribution in [0.2, 0.25) is 0 Å². The highest BCUT2D eigenvalue weighted by Gasteiger charge is 2.38. The van der Waals surface area contributed by atoms with E-state index in [1.54, 1.807) is 25.8 Å². The monoisotopic (exact) mass is 353 g/mol. The third kappa shape index (κ3) is 3.25. The van der Waals surface area contributed by atoms with Gasteiger partial charge in [0, 0.05) is 27.6 Å². The number of anilines is 1. The van der Waals surface area contributed by atoms with Crippen LogP contribution in [0.4, 0.5) is 5.95 Å². The van der Waals surface area contributed by atoms with Gasteiger partial charge in [0.15, 0.2) is 17.4 Å². The average Bonchev–Trinajstić information content (AvgIpc) is 3.21. The number of rotatable bonds is 7. The second-order valence-corrected chi connectivity index (χ2v) is 5.84. The molecule has 0 aliphatic carbocycles. The predicted octanol–water partition coefficient (Wildman–Crippen LogP) is -0.517. The van der Waals surface area contributed by atoms with E-state index in [0.717, 1.165) is 0 Å². The number of aromatic nitrogens is 4. The number of methoxy groups -OCH3 is 1. The Balaban J connectivity index is 1.98. The Morgan fingerprint density at radius 1 is 1.48 bits per heavy atom. The first-order valence-corrected chi connectivity index (χ1v) is 8.08. The first-order valence-electron chi connectivity index (χ1n) is 8.08. The summed E-state index contributed by atoms with van der Waals surface area (Å²) < 4.78 is 19.8. The normalized spacial score (nSPS) is 23.4. The summed E-state index contributed by atoms with van der Waals surface area (Å²) in [4.78, 5) is 21.1. The van der Waals surface area contributed by atoms with E-state index < -0.39 is 6.23 Å². The number of hydrogen-bond acceptors (Lipinski definition) is 8. The molecule has 0 bridgehead atoms. The standard InChI is InChI=1S/C15H23N5O5/c1-16-15-18-12-11(13(22)19(15)2)17-8-20(12)14-10(24-5-4-23-3)6-9(7-21)25-14/h8-10,14,21H,4-7H2,1-3H3,(H,16,18)/t9-,10+,14+/m0/s1. The zero-order chi connectivity index (χ0) is 18.0. The summed E-state index contributed by atoms with van der Waals surface area (Å²) in [5.74, 6) is 0.424. The second-order valence-electron chi connectivity index (χ2n) is 5.84. The van der Waals surface area contributed by atoms with Crippen LogP contribution < -0.4 is 10.9 Å². The highest BCUT2D eigenvalue weighted by molar-refractivity contribution is 5.71. The van der Waals surface area contributed by atoms with Crippen molar-refractivity contribution in [3.05, 3.63) is 16.7 Å². The van der Waals surface area contributed by atoms with E-state index in [4.69, 9.17) is 14.2 Å². The Kier molecular flexibility index (Phi) is 5.33. The molecular formula is C15H23N5O5. The van der Waals surface area contributed by atoms with Crippen molar-refractivity contribution in [1.82, 2.24) is 19.1 Å². The maximum Gasteiger partial charge on any atom is 0.282 e. The van der Waals surface area contributed by atoms with Crippen molar-refractivity contribution >= 4 is 17.1 Å². The first-order chi connectivity index (χ1) is 12.1. The molecule has 1 aliphatic heterocycles. The van der Waals surface area contributed by atoms with Gasteiger partial charge in [0.25, 0.3) is 5.56 Å². The van der Waals surface area contributed by atoms with Crippen molar-refractivity contribution in [2.45, 2.75) is 24.9 Å². The molecule has 10 nitrogen and oxygen atoms in total. The molecule has 2 aromatic heterocycles. The van der Waals surface area contributed by atoms with Crippen LogP contribution in [-0.4, -0.2) is 70.4 Å². The Hall–Kier alpha value is -2.01. The Labute approximate surface area is 144 Å². The van der Waals surface area contributed by atoms with E-state index in [2.05, 4.69) is 15.3 Å². The topological polar surface area (TPSA) is 113 Å². The number of imidazole rings is 1. The van der Waals surface area contributed by atoms with Crippen molar-refractivity contribution < 1.29 is 19.3 Å². The van der Waals surface area contributed by atoms with Gasteiger partial charge in [-0.3, -0.25) is 13.9 Å². The molecular weight excluding hydrogens is 330 g/mol. The molecule has 0 saturated carbocycles. The van der Waals surface area contributed by atoms with Gasteiger partial charge >= 0.3 is 0 Å². The van der Waals surface area contributed by atoms with Crippen LogP contribution in [0.1, 0.15) is 12.6 Å². The fourth-order valence-electron chi connectivity index (χ4n) is 2.97. The lowest BCUT2D eigenvalue weighted by molar-refractivity contribution is -0.0750. The van der Waals surface area contributed by atoms with Crippen LogP contribution in [0.3, 0.4) is 0 Å². The summed E-state index contributed by atoms with van der Waals surface area (Å²) in [5, 5.41) is 12.3. The van der Waals surface area contributed by atoms with Crippen molar-refractivity contribution in [3.8, 4) is 0 Å². The van der Waals surface area contributed by atoms with Crippen molar-refractivity contribution in [2.75, 3.05) is 39.3 Å².